The van der Waals surface area contributed by atoms with Gasteiger partial charge in [0.2, 0.25) is 0 Å². The Labute approximate surface area is 141 Å². The number of benzene rings is 2. The number of para-hydroxylation sites is 1. The Morgan fingerprint density at radius 2 is 2.09 bits per heavy atom. The van der Waals surface area contributed by atoms with E-state index in [9.17, 15) is 0 Å². The molecular formula is C19H20ClN3. The predicted molar refractivity (Wildman–Crippen MR) is 96.0 cm³/mol. The number of rotatable bonds is 0. The lowest BCUT2D eigenvalue weighted by molar-refractivity contribution is 0.236. The summed E-state index contributed by atoms with van der Waals surface area (Å²) in [6.45, 7) is 3.12. The predicted octanol–water partition coefficient (Wildman–Crippen LogP) is 4.20. The van der Waals surface area contributed by atoms with Gasteiger partial charge in [0.15, 0.2) is 0 Å². The molecule has 0 saturated carbocycles. The van der Waals surface area contributed by atoms with Crippen molar-refractivity contribution in [1.82, 2.24) is 4.90 Å². The van der Waals surface area contributed by atoms with Gasteiger partial charge in [-0.25, -0.2) is 0 Å². The quantitative estimate of drug-likeness (QED) is 0.783. The highest BCUT2D eigenvalue weighted by Gasteiger charge is 2.44. The Hall–Kier alpha value is -1.71. The first-order valence-electron chi connectivity index (χ1n) is 8.35. The topological polar surface area (TPSA) is 18.5 Å². The highest BCUT2D eigenvalue weighted by molar-refractivity contribution is 6.31. The Morgan fingerprint density at radius 1 is 1.22 bits per heavy atom. The Kier molecular flexibility index (Phi) is 2.91. The van der Waals surface area contributed by atoms with Crippen molar-refractivity contribution in [2.75, 3.05) is 30.4 Å². The molecule has 5 rings (SSSR count). The van der Waals surface area contributed by atoms with Crippen LogP contribution < -0.4 is 10.2 Å². The molecule has 3 nitrogen and oxygen atoms in total. The molecule has 0 aromatic heterocycles. The molecular weight excluding hydrogens is 306 g/mol. The van der Waals surface area contributed by atoms with E-state index in [1.165, 1.54) is 34.6 Å². The molecule has 118 valence electrons. The molecule has 0 bridgehead atoms. The highest BCUT2D eigenvalue weighted by Crippen LogP contribution is 2.54. The third-order valence-electron chi connectivity index (χ3n) is 5.58. The monoisotopic (exact) mass is 325 g/mol. The van der Waals surface area contributed by atoms with Crippen LogP contribution in [0.5, 0.6) is 0 Å². The van der Waals surface area contributed by atoms with Crippen LogP contribution in [0.1, 0.15) is 23.5 Å². The van der Waals surface area contributed by atoms with E-state index in [0.717, 1.165) is 24.7 Å². The second-order valence-corrected chi connectivity index (χ2v) is 7.40. The second kappa shape index (κ2) is 4.89. The molecule has 1 N–H and O–H groups in total. The summed E-state index contributed by atoms with van der Waals surface area (Å²) in [4.78, 5) is 5.04. The average Bonchev–Trinajstić information content (AvgIpc) is 2.76. The molecule has 1 fully saturated rings. The van der Waals surface area contributed by atoms with Crippen molar-refractivity contribution < 1.29 is 0 Å². The van der Waals surface area contributed by atoms with Gasteiger partial charge in [0.1, 0.15) is 0 Å². The number of likely N-dealkylation sites (N-methyl/N-ethyl adjacent to an activating group) is 1. The van der Waals surface area contributed by atoms with Crippen LogP contribution in [0.4, 0.5) is 17.1 Å². The first-order valence-corrected chi connectivity index (χ1v) is 8.73. The molecule has 0 radical (unpaired) electrons. The van der Waals surface area contributed by atoms with Gasteiger partial charge in [-0.15, -0.1) is 0 Å². The zero-order valence-corrected chi connectivity index (χ0v) is 14.0. The molecule has 2 aromatic carbocycles. The van der Waals surface area contributed by atoms with Crippen LogP contribution in [0.25, 0.3) is 0 Å². The summed E-state index contributed by atoms with van der Waals surface area (Å²) in [5.41, 5.74) is 6.67. The normalized spacial score (nSPS) is 25.2. The van der Waals surface area contributed by atoms with Gasteiger partial charge >= 0.3 is 0 Å². The van der Waals surface area contributed by atoms with Crippen molar-refractivity contribution in [3.63, 3.8) is 0 Å². The van der Waals surface area contributed by atoms with Crippen molar-refractivity contribution in [3.05, 3.63) is 52.5 Å². The van der Waals surface area contributed by atoms with Crippen LogP contribution in [0.3, 0.4) is 0 Å². The fraction of sp³-hybridized carbons (Fsp3) is 0.368. The molecule has 2 aromatic rings. The number of anilines is 3. The third kappa shape index (κ3) is 1.93. The minimum Gasteiger partial charge on any atom is -0.379 e. The van der Waals surface area contributed by atoms with Gasteiger partial charge in [-0.05, 0) is 49.3 Å². The smallest absolute Gasteiger partial charge is 0.0687 e. The van der Waals surface area contributed by atoms with Crippen molar-refractivity contribution in [2.24, 2.45) is 0 Å². The minimum absolute atomic E-state index is 0.536. The lowest BCUT2D eigenvalue weighted by Gasteiger charge is -2.37. The molecule has 0 spiro atoms. The second-order valence-electron chi connectivity index (χ2n) is 6.97. The van der Waals surface area contributed by atoms with Crippen molar-refractivity contribution in [1.29, 1.82) is 0 Å². The first-order chi connectivity index (χ1) is 11.2. The molecule has 1 saturated heterocycles. The number of hydrogen-bond acceptors (Lipinski definition) is 3. The maximum absolute atomic E-state index is 6.44. The van der Waals surface area contributed by atoms with Crippen molar-refractivity contribution in [3.8, 4) is 0 Å². The number of halogens is 1. The number of nitrogens with zero attached hydrogens (tertiary/aromatic N) is 2. The maximum Gasteiger partial charge on any atom is 0.0687 e. The van der Waals surface area contributed by atoms with E-state index in [1.807, 2.05) is 0 Å². The van der Waals surface area contributed by atoms with E-state index in [1.54, 1.807) is 0 Å². The van der Waals surface area contributed by atoms with Crippen molar-refractivity contribution >= 4 is 28.7 Å². The maximum atomic E-state index is 6.44. The number of piperidine rings is 1. The molecule has 0 amide bonds. The summed E-state index contributed by atoms with van der Waals surface area (Å²) >= 11 is 6.44. The standard InChI is InChI=1S/C19H20ClN3/c1-22-7-6-18-15(11-22)14-8-13(20)9-16-19(14)23(18)17-5-3-2-4-12(17)10-21-16/h2-5,8-9,15,18,21H,6-7,10-11H2,1H3/t15-,18+/m0/s1. The van der Waals surface area contributed by atoms with E-state index in [2.05, 4.69) is 58.6 Å². The fourth-order valence-electron chi connectivity index (χ4n) is 4.57. The lowest BCUT2D eigenvalue weighted by atomic mass is 9.89. The van der Waals surface area contributed by atoms with Crippen LogP contribution >= 0.6 is 11.6 Å². The zero-order valence-electron chi connectivity index (χ0n) is 13.2. The van der Waals surface area contributed by atoms with E-state index in [-0.39, 0.29) is 0 Å². The lowest BCUT2D eigenvalue weighted by Crippen LogP contribution is -2.43. The zero-order chi connectivity index (χ0) is 15.6. The van der Waals surface area contributed by atoms with Gasteiger partial charge in [-0.3, -0.25) is 0 Å². The van der Waals surface area contributed by atoms with Crippen LogP contribution in [-0.2, 0) is 6.54 Å². The Balaban J connectivity index is 1.77. The van der Waals surface area contributed by atoms with E-state index < -0.39 is 0 Å². The van der Waals surface area contributed by atoms with Crippen LogP contribution in [0, 0.1) is 0 Å². The molecule has 3 aliphatic heterocycles. The van der Waals surface area contributed by atoms with Gasteiger partial charge in [-0.1, -0.05) is 29.8 Å². The average molecular weight is 326 g/mol. The summed E-state index contributed by atoms with van der Waals surface area (Å²) in [5.74, 6) is 0.536. The van der Waals surface area contributed by atoms with Crippen molar-refractivity contribution in [2.45, 2.75) is 24.9 Å². The summed E-state index contributed by atoms with van der Waals surface area (Å²) in [6, 6.07) is 13.6. The molecule has 23 heavy (non-hydrogen) atoms. The summed E-state index contributed by atoms with van der Waals surface area (Å²) in [7, 11) is 2.22. The molecule has 3 aliphatic rings. The molecule has 0 aliphatic carbocycles. The molecule has 3 heterocycles. The summed E-state index contributed by atoms with van der Waals surface area (Å²) in [5, 5.41) is 4.45. The summed E-state index contributed by atoms with van der Waals surface area (Å²) in [6.07, 6.45) is 1.20. The number of fused-ring (bicyclic) bond motifs is 5. The van der Waals surface area contributed by atoms with E-state index >= 15 is 0 Å². The largest absolute Gasteiger partial charge is 0.379 e. The summed E-state index contributed by atoms with van der Waals surface area (Å²) < 4.78 is 0. The van der Waals surface area contributed by atoms with Gasteiger partial charge in [0, 0.05) is 35.8 Å². The molecule has 0 unspecified atom stereocenters. The first kappa shape index (κ1) is 13.7. The Morgan fingerprint density at radius 3 is 3.00 bits per heavy atom. The SMILES string of the molecule is CN1CC[C@@H]2[C@@H](C1)c1cc(Cl)cc3c1N2c1ccccc1CN3. The van der Waals surface area contributed by atoms with Gasteiger partial charge in [0.25, 0.3) is 0 Å². The van der Waals surface area contributed by atoms with Crippen LogP contribution in [-0.4, -0.2) is 31.1 Å². The molecule has 4 heteroatoms. The van der Waals surface area contributed by atoms with Crippen LogP contribution in [0.15, 0.2) is 36.4 Å². The fourth-order valence-corrected chi connectivity index (χ4v) is 4.80. The Bertz CT molecular complexity index is 788. The highest BCUT2D eigenvalue weighted by atomic mass is 35.5. The van der Waals surface area contributed by atoms with Gasteiger partial charge in [0.05, 0.1) is 11.4 Å². The van der Waals surface area contributed by atoms with Gasteiger partial charge in [-0.2, -0.15) is 0 Å². The molecule has 2 atom stereocenters. The minimum atomic E-state index is 0.536. The third-order valence-corrected chi connectivity index (χ3v) is 5.79. The number of nitrogens with one attached hydrogen (secondary N) is 1. The van der Waals surface area contributed by atoms with E-state index in [4.69, 9.17) is 11.6 Å². The van der Waals surface area contributed by atoms with Gasteiger partial charge < -0.3 is 15.1 Å². The number of likely N-dealkylation sites (tertiary alicyclic amines) is 1. The van der Waals surface area contributed by atoms with E-state index in [0.29, 0.717) is 12.0 Å². The number of hydrogen-bond donors (Lipinski definition) is 1. The van der Waals surface area contributed by atoms with Crippen LogP contribution in [0.2, 0.25) is 5.02 Å².